The molecule has 1 amide bonds. The summed E-state index contributed by atoms with van der Waals surface area (Å²) in [4.78, 5) is 20.5. The van der Waals surface area contributed by atoms with Crippen LogP contribution >= 0.6 is 0 Å². The second kappa shape index (κ2) is 9.22. The second-order valence-electron chi connectivity index (χ2n) is 5.22. The molecule has 0 saturated carbocycles. The highest BCUT2D eigenvalue weighted by Gasteiger charge is 2.12. The smallest absolute Gasteiger partial charge is 0.290 e. The summed E-state index contributed by atoms with van der Waals surface area (Å²) in [5.41, 5.74) is 1.19. The number of ether oxygens (including phenoxy) is 1. The van der Waals surface area contributed by atoms with Crippen LogP contribution < -0.4 is 10.1 Å². The molecule has 0 bridgehead atoms. The van der Waals surface area contributed by atoms with Gasteiger partial charge in [0, 0.05) is 11.9 Å². The van der Waals surface area contributed by atoms with Crippen LogP contribution in [0.4, 0.5) is 4.39 Å². The van der Waals surface area contributed by atoms with Crippen LogP contribution in [0.1, 0.15) is 16.1 Å². The summed E-state index contributed by atoms with van der Waals surface area (Å²) in [6.07, 6.45) is 0.423. The summed E-state index contributed by atoms with van der Waals surface area (Å²) in [6, 6.07) is 13.5. The maximum Gasteiger partial charge on any atom is 0.290 e. The molecule has 0 spiro atoms. The van der Waals surface area contributed by atoms with E-state index in [0.29, 0.717) is 29.9 Å². The molecule has 0 unspecified atom stereocenters. The van der Waals surface area contributed by atoms with E-state index < -0.39 is 0 Å². The van der Waals surface area contributed by atoms with Gasteiger partial charge in [-0.3, -0.25) is 9.59 Å². The number of benzene rings is 2. The number of carboxylic acid groups (broad SMARTS) is 1. The van der Waals surface area contributed by atoms with Gasteiger partial charge in [-0.1, -0.05) is 18.2 Å². The number of carbonyl (C=O) groups excluding carboxylic acids is 1. The molecule has 1 aromatic heterocycles. The highest BCUT2D eigenvalue weighted by molar-refractivity contribution is 5.96. The first-order chi connectivity index (χ1) is 12.6. The van der Waals surface area contributed by atoms with Gasteiger partial charge in [0.05, 0.1) is 7.11 Å². The Bertz CT molecular complexity index is 891. The minimum Gasteiger partial charge on any atom is -0.497 e. The first-order valence-corrected chi connectivity index (χ1v) is 7.76. The van der Waals surface area contributed by atoms with Crippen molar-refractivity contribution >= 4 is 23.3 Å². The predicted molar refractivity (Wildman–Crippen MR) is 93.9 cm³/mol. The minimum absolute atomic E-state index is 0.224. The Labute approximate surface area is 149 Å². The molecule has 2 aromatic carbocycles. The molecule has 26 heavy (non-hydrogen) atoms. The molecule has 0 atom stereocenters. The number of carbonyl (C=O) groups is 2. The zero-order valence-corrected chi connectivity index (χ0v) is 14.1. The van der Waals surface area contributed by atoms with Gasteiger partial charge in [0.2, 0.25) is 0 Å². The van der Waals surface area contributed by atoms with Gasteiger partial charge in [0.1, 0.15) is 17.1 Å². The Morgan fingerprint density at radius 3 is 2.69 bits per heavy atom. The SMILES string of the molecule is COc1ccc2oc(C(=O)NCCc3ccccc3F)cc2c1.O=CO. The molecule has 0 radical (unpaired) electrons. The summed E-state index contributed by atoms with van der Waals surface area (Å²) in [7, 11) is 1.58. The zero-order valence-electron chi connectivity index (χ0n) is 14.1. The zero-order chi connectivity index (χ0) is 18.9. The Kier molecular flexibility index (Phi) is 6.73. The molecular formula is C19H18FNO5. The van der Waals surface area contributed by atoms with Gasteiger partial charge in [-0.05, 0) is 42.3 Å². The Balaban J connectivity index is 0.000000758. The van der Waals surface area contributed by atoms with Gasteiger partial charge >= 0.3 is 0 Å². The molecular weight excluding hydrogens is 341 g/mol. The van der Waals surface area contributed by atoms with Crippen LogP contribution in [0.5, 0.6) is 5.75 Å². The van der Waals surface area contributed by atoms with Gasteiger partial charge in [-0.15, -0.1) is 0 Å². The van der Waals surface area contributed by atoms with Crippen molar-refractivity contribution in [1.82, 2.24) is 5.32 Å². The molecule has 136 valence electrons. The van der Waals surface area contributed by atoms with Gasteiger partial charge in [-0.2, -0.15) is 0 Å². The number of amides is 1. The van der Waals surface area contributed by atoms with E-state index in [9.17, 15) is 9.18 Å². The van der Waals surface area contributed by atoms with E-state index in [-0.39, 0.29) is 24.0 Å². The summed E-state index contributed by atoms with van der Waals surface area (Å²) in [5, 5.41) is 10.4. The molecule has 0 fully saturated rings. The lowest BCUT2D eigenvalue weighted by Crippen LogP contribution is -2.25. The minimum atomic E-state index is -0.323. The number of hydrogen-bond acceptors (Lipinski definition) is 4. The molecule has 7 heteroatoms. The van der Waals surface area contributed by atoms with Gasteiger partial charge in [0.25, 0.3) is 12.4 Å². The van der Waals surface area contributed by atoms with E-state index in [1.165, 1.54) is 6.07 Å². The first kappa shape index (κ1) is 19.0. The van der Waals surface area contributed by atoms with Crippen molar-refractivity contribution in [3.8, 4) is 5.75 Å². The van der Waals surface area contributed by atoms with E-state index in [4.69, 9.17) is 19.1 Å². The monoisotopic (exact) mass is 359 g/mol. The fraction of sp³-hybridized carbons (Fsp3) is 0.158. The molecule has 6 nitrogen and oxygen atoms in total. The van der Waals surface area contributed by atoms with Crippen molar-refractivity contribution < 1.29 is 28.2 Å². The molecule has 3 rings (SSSR count). The van der Waals surface area contributed by atoms with Crippen molar-refractivity contribution in [2.75, 3.05) is 13.7 Å². The number of hydrogen-bond donors (Lipinski definition) is 2. The van der Waals surface area contributed by atoms with Crippen LogP contribution in [0.3, 0.4) is 0 Å². The van der Waals surface area contributed by atoms with Crippen LogP contribution in [-0.2, 0) is 11.2 Å². The quantitative estimate of drug-likeness (QED) is 0.683. The molecule has 0 aliphatic heterocycles. The largest absolute Gasteiger partial charge is 0.497 e. The Morgan fingerprint density at radius 1 is 1.27 bits per heavy atom. The fourth-order valence-electron chi connectivity index (χ4n) is 2.36. The fourth-order valence-corrected chi connectivity index (χ4v) is 2.36. The number of fused-ring (bicyclic) bond motifs is 1. The Morgan fingerprint density at radius 2 is 2.00 bits per heavy atom. The Hall–Kier alpha value is -3.35. The molecule has 0 aliphatic rings. The normalized spacial score (nSPS) is 9.92. The molecule has 0 aliphatic carbocycles. The third-order valence-electron chi connectivity index (χ3n) is 3.58. The lowest BCUT2D eigenvalue weighted by atomic mass is 10.1. The summed E-state index contributed by atoms with van der Waals surface area (Å²) in [5.74, 6) is 0.334. The standard InChI is InChI=1S/C18H16FNO3.CH2O2/c1-22-14-6-7-16-13(10-14)11-17(23-16)18(21)20-9-8-12-4-2-3-5-15(12)19;2-1-3/h2-7,10-11H,8-9H2,1H3,(H,20,21);1H,(H,2,3). The van der Waals surface area contributed by atoms with Crippen LogP contribution in [0, 0.1) is 5.82 Å². The van der Waals surface area contributed by atoms with E-state index >= 15 is 0 Å². The molecule has 0 saturated heterocycles. The highest BCUT2D eigenvalue weighted by Crippen LogP contribution is 2.24. The van der Waals surface area contributed by atoms with Crippen molar-refractivity contribution in [2.45, 2.75) is 6.42 Å². The third kappa shape index (κ3) is 4.83. The molecule has 2 N–H and O–H groups in total. The van der Waals surface area contributed by atoms with Crippen molar-refractivity contribution in [3.63, 3.8) is 0 Å². The van der Waals surface area contributed by atoms with Crippen molar-refractivity contribution in [2.24, 2.45) is 0 Å². The lowest BCUT2D eigenvalue weighted by molar-refractivity contribution is -0.122. The summed E-state index contributed by atoms with van der Waals surface area (Å²) >= 11 is 0. The lowest BCUT2D eigenvalue weighted by Gasteiger charge is -2.04. The molecule has 3 aromatic rings. The number of nitrogens with one attached hydrogen (secondary N) is 1. The topological polar surface area (TPSA) is 88.8 Å². The van der Waals surface area contributed by atoms with Crippen molar-refractivity contribution in [3.05, 3.63) is 65.7 Å². The van der Waals surface area contributed by atoms with E-state index in [1.807, 2.05) is 0 Å². The van der Waals surface area contributed by atoms with Gasteiger partial charge < -0.3 is 19.6 Å². The number of methoxy groups -OCH3 is 1. The highest BCUT2D eigenvalue weighted by atomic mass is 19.1. The van der Waals surface area contributed by atoms with Crippen LogP contribution in [0.25, 0.3) is 11.0 Å². The van der Waals surface area contributed by atoms with Gasteiger partial charge in [-0.25, -0.2) is 4.39 Å². The predicted octanol–water partition coefficient (Wildman–Crippen LogP) is 3.25. The maximum atomic E-state index is 13.5. The molecule has 1 heterocycles. The average Bonchev–Trinajstić information content (AvgIpc) is 3.07. The summed E-state index contributed by atoms with van der Waals surface area (Å²) in [6.45, 7) is 0.0835. The van der Waals surface area contributed by atoms with Crippen LogP contribution in [0.2, 0.25) is 0 Å². The summed E-state index contributed by atoms with van der Waals surface area (Å²) < 4.78 is 24.2. The maximum absolute atomic E-state index is 13.5. The van der Waals surface area contributed by atoms with Gasteiger partial charge in [0.15, 0.2) is 5.76 Å². The van der Waals surface area contributed by atoms with Crippen molar-refractivity contribution in [1.29, 1.82) is 0 Å². The third-order valence-corrected chi connectivity index (χ3v) is 3.58. The van der Waals surface area contributed by atoms with E-state index in [2.05, 4.69) is 5.32 Å². The van der Waals surface area contributed by atoms with E-state index in [1.54, 1.807) is 49.6 Å². The number of furan rings is 1. The number of halogens is 1. The van der Waals surface area contributed by atoms with Crippen LogP contribution in [-0.4, -0.2) is 31.1 Å². The van der Waals surface area contributed by atoms with E-state index in [0.717, 1.165) is 5.39 Å². The van der Waals surface area contributed by atoms with Crippen LogP contribution in [0.15, 0.2) is 52.9 Å². The average molecular weight is 359 g/mol. The second-order valence-corrected chi connectivity index (χ2v) is 5.22. The number of rotatable bonds is 5. The first-order valence-electron chi connectivity index (χ1n) is 7.76.